The molecule has 1 rings (SSSR count). The summed E-state index contributed by atoms with van der Waals surface area (Å²) in [5, 5.41) is 4.23. The number of hydrogen-bond acceptors (Lipinski definition) is 4. The van der Waals surface area contributed by atoms with Crippen LogP contribution in [0.15, 0.2) is 0 Å². The van der Waals surface area contributed by atoms with E-state index in [4.69, 9.17) is 4.74 Å². The minimum absolute atomic E-state index is 0.0654. The number of ether oxygens (including phenoxy) is 1. The normalized spacial score (nSPS) is 26.4. The first-order chi connectivity index (χ1) is 9.71. The van der Waals surface area contributed by atoms with Crippen LogP contribution in [0.25, 0.3) is 0 Å². The van der Waals surface area contributed by atoms with Crippen molar-refractivity contribution in [2.45, 2.75) is 70.6 Å². The Hall–Kier alpha value is -0.220. The van der Waals surface area contributed by atoms with Gasteiger partial charge in [0.1, 0.15) is 0 Å². The molecule has 0 spiro atoms. The Morgan fingerprint density at radius 1 is 1.25 bits per heavy atom. The number of carbonyl (C=O) groups is 1. The smallest absolute Gasteiger partial charge is 0.315 e. The van der Waals surface area contributed by atoms with Gasteiger partial charge in [0.2, 0.25) is 0 Å². The number of hydrogen-bond donors (Lipinski definition) is 1. The molecule has 3 nitrogen and oxygen atoms in total. The van der Waals surface area contributed by atoms with E-state index in [0.717, 1.165) is 12.5 Å². The number of thioether (sulfide) groups is 1. The van der Waals surface area contributed by atoms with E-state index < -0.39 is 0 Å². The Morgan fingerprint density at radius 2 is 2.05 bits per heavy atom. The Labute approximate surface area is 128 Å². The molecule has 0 aromatic heterocycles. The average molecular weight is 301 g/mol. The molecule has 0 saturated heterocycles. The summed E-state index contributed by atoms with van der Waals surface area (Å²) in [6.45, 7) is 7.91. The molecule has 0 aromatic carbocycles. The molecule has 1 saturated carbocycles. The molecule has 0 heterocycles. The second-order valence-corrected chi connectivity index (χ2v) is 6.91. The number of nitrogens with one attached hydrogen (secondary N) is 1. The Bertz CT molecular complexity index is 273. The molecular formula is C16H31NO2S. The number of rotatable bonds is 9. The second-order valence-electron chi connectivity index (χ2n) is 5.68. The quantitative estimate of drug-likeness (QED) is 0.660. The van der Waals surface area contributed by atoms with Crippen molar-refractivity contribution in [3.8, 4) is 0 Å². The van der Waals surface area contributed by atoms with Crippen molar-refractivity contribution in [1.82, 2.24) is 5.32 Å². The SMILES string of the molecule is CCCNC1CCC(CCC)CC1SCC(=O)OCC. The molecule has 0 radical (unpaired) electrons. The largest absolute Gasteiger partial charge is 0.465 e. The van der Waals surface area contributed by atoms with Crippen LogP contribution in [-0.2, 0) is 9.53 Å². The summed E-state index contributed by atoms with van der Waals surface area (Å²) in [6, 6.07) is 0.572. The first kappa shape index (κ1) is 17.8. The zero-order chi connectivity index (χ0) is 14.8. The summed E-state index contributed by atoms with van der Waals surface area (Å²) in [7, 11) is 0. The maximum absolute atomic E-state index is 11.6. The van der Waals surface area contributed by atoms with Crippen molar-refractivity contribution < 1.29 is 9.53 Å². The highest BCUT2D eigenvalue weighted by Crippen LogP contribution is 2.34. The van der Waals surface area contributed by atoms with Gasteiger partial charge in [-0.3, -0.25) is 4.79 Å². The molecule has 0 amide bonds. The fourth-order valence-electron chi connectivity index (χ4n) is 3.01. The molecule has 4 heteroatoms. The van der Waals surface area contributed by atoms with Crippen LogP contribution in [0, 0.1) is 5.92 Å². The molecule has 1 N–H and O–H groups in total. The lowest BCUT2D eigenvalue weighted by molar-refractivity contribution is -0.139. The highest BCUT2D eigenvalue weighted by molar-refractivity contribution is 8.00. The van der Waals surface area contributed by atoms with Crippen LogP contribution < -0.4 is 5.32 Å². The van der Waals surface area contributed by atoms with E-state index in [1.165, 1.54) is 38.5 Å². The molecule has 1 aliphatic carbocycles. The molecule has 0 aromatic rings. The highest BCUT2D eigenvalue weighted by Gasteiger charge is 2.30. The summed E-state index contributed by atoms with van der Waals surface area (Å²) in [5.41, 5.74) is 0. The van der Waals surface area contributed by atoms with Crippen molar-refractivity contribution in [1.29, 1.82) is 0 Å². The van der Waals surface area contributed by atoms with Crippen LogP contribution in [0.1, 0.15) is 59.3 Å². The maximum atomic E-state index is 11.6. The van der Waals surface area contributed by atoms with E-state index in [9.17, 15) is 4.79 Å². The van der Waals surface area contributed by atoms with Gasteiger partial charge in [-0.15, -0.1) is 11.8 Å². The lowest BCUT2D eigenvalue weighted by Gasteiger charge is -2.36. The van der Waals surface area contributed by atoms with Crippen molar-refractivity contribution in [3.63, 3.8) is 0 Å². The minimum atomic E-state index is -0.0654. The van der Waals surface area contributed by atoms with Crippen LogP contribution in [0.5, 0.6) is 0 Å². The van der Waals surface area contributed by atoms with E-state index in [0.29, 0.717) is 23.7 Å². The standard InChI is InChI=1S/C16H31NO2S/c1-4-7-13-8-9-14(17-10-5-2)15(11-13)20-12-16(18)19-6-3/h13-15,17H,4-12H2,1-3H3. The zero-order valence-electron chi connectivity index (χ0n) is 13.3. The van der Waals surface area contributed by atoms with Gasteiger partial charge in [0.05, 0.1) is 12.4 Å². The molecule has 20 heavy (non-hydrogen) atoms. The van der Waals surface area contributed by atoms with Crippen LogP contribution in [0.4, 0.5) is 0 Å². The summed E-state index contributed by atoms with van der Waals surface area (Å²) in [5.74, 6) is 1.28. The van der Waals surface area contributed by atoms with Gasteiger partial charge in [0.15, 0.2) is 0 Å². The summed E-state index contributed by atoms with van der Waals surface area (Å²) >= 11 is 1.80. The van der Waals surface area contributed by atoms with Crippen molar-refractivity contribution in [3.05, 3.63) is 0 Å². The van der Waals surface area contributed by atoms with Crippen molar-refractivity contribution in [2.24, 2.45) is 5.92 Å². The first-order valence-corrected chi connectivity index (χ1v) is 9.26. The fourth-order valence-corrected chi connectivity index (χ4v) is 4.31. The van der Waals surface area contributed by atoms with Gasteiger partial charge in [-0.2, -0.15) is 0 Å². The predicted octanol–water partition coefficient (Wildman–Crippen LogP) is 3.62. The van der Waals surface area contributed by atoms with E-state index in [1.54, 1.807) is 11.8 Å². The first-order valence-electron chi connectivity index (χ1n) is 8.21. The molecule has 118 valence electrons. The zero-order valence-corrected chi connectivity index (χ0v) is 14.1. The summed E-state index contributed by atoms with van der Waals surface area (Å²) in [4.78, 5) is 11.6. The minimum Gasteiger partial charge on any atom is -0.465 e. The van der Waals surface area contributed by atoms with Crippen LogP contribution in [0.3, 0.4) is 0 Å². The molecule has 3 atom stereocenters. The molecule has 0 bridgehead atoms. The lowest BCUT2D eigenvalue weighted by Crippen LogP contribution is -2.43. The van der Waals surface area contributed by atoms with Gasteiger partial charge in [-0.25, -0.2) is 0 Å². The monoisotopic (exact) mass is 301 g/mol. The van der Waals surface area contributed by atoms with Crippen molar-refractivity contribution in [2.75, 3.05) is 18.9 Å². The van der Waals surface area contributed by atoms with Gasteiger partial charge < -0.3 is 10.1 Å². The molecular weight excluding hydrogens is 270 g/mol. The second kappa shape index (κ2) is 10.5. The van der Waals surface area contributed by atoms with Crippen LogP contribution in [0.2, 0.25) is 0 Å². The highest BCUT2D eigenvalue weighted by atomic mass is 32.2. The molecule has 0 aliphatic heterocycles. The van der Waals surface area contributed by atoms with Gasteiger partial charge in [-0.05, 0) is 45.1 Å². The molecule has 1 fully saturated rings. The maximum Gasteiger partial charge on any atom is 0.315 e. The Morgan fingerprint density at radius 3 is 2.70 bits per heavy atom. The topological polar surface area (TPSA) is 38.3 Å². The Kier molecular flexibility index (Phi) is 9.36. The third-order valence-electron chi connectivity index (χ3n) is 3.97. The average Bonchev–Trinajstić information content (AvgIpc) is 2.44. The number of carbonyl (C=O) groups excluding carboxylic acids is 1. The fraction of sp³-hybridized carbons (Fsp3) is 0.938. The van der Waals surface area contributed by atoms with Gasteiger partial charge >= 0.3 is 5.97 Å². The van der Waals surface area contributed by atoms with Crippen LogP contribution in [-0.4, -0.2) is 36.2 Å². The lowest BCUT2D eigenvalue weighted by atomic mass is 9.83. The third-order valence-corrected chi connectivity index (χ3v) is 5.33. The Balaban J connectivity index is 2.45. The van der Waals surface area contributed by atoms with E-state index in [1.807, 2.05) is 6.92 Å². The van der Waals surface area contributed by atoms with E-state index in [-0.39, 0.29) is 5.97 Å². The van der Waals surface area contributed by atoms with Crippen molar-refractivity contribution >= 4 is 17.7 Å². The van der Waals surface area contributed by atoms with E-state index in [2.05, 4.69) is 19.2 Å². The van der Waals surface area contributed by atoms with E-state index >= 15 is 0 Å². The summed E-state index contributed by atoms with van der Waals surface area (Å²) < 4.78 is 5.04. The van der Waals surface area contributed by atoms with Gasteiger partial charge in [0.25, 0.3) is 0 Å². The van der Waals surface area contributed by atoms with Gasteiger partial charge in [0, 0.05) is 11.3 Å². The number of esters is 1. The summed E-state index contributed by atoms with van der Waals surface area (Å²) in [6.07, 6.45) is 7.62. The van der Waals surface area contributed by atoms with Crippen LogP contribution >= 0.6 is 11.8 Å². The van der Waals surface area contributed by atoms with Gasteiger partial charge in [-0.1, -0.05) is 26.7 Å². The molecule has 1 aliphatic rings. The predicted molar refractivity (Wildman–Crippen MR) is 87.2 cm³/mol. The third kappa shape index (κ3) is 6.49. The molecule has 3 unspecified atom stereocenters.